The molecular weight excluding hydrogens is 588 g/mol. The smallest absolute Gasteiger partial charge is 0.226 e. The molecule has 8 nitrogen and oxygen atoms in total. The van der Waals surface area contributed by atoms with Crippen LogP contribution in [0.3, 0.4) is 0 Å². The standard InChI is InChI=1S/C31H33ClN6O2S2/c32-31-35-28(33)25-23(30-34-20(17-42-30)13-18-5-2-1-3-6-18)16-38(29(25)36-31)24-14-22(26(39)27(24)40)19-8-10-37(11-9-19)15-21-7-4-12-41-21/h1-7,12,16-17,19,22,24,26-27,39-40H,8-11,13-15H2,(H2,33,35,36)/t22-,24-,26-,27+/m1/s1. The number of aromatic nitrogens is 4. The number of piperidine rings is 1. The molecule has 2 fully saturated rings. The van der Waals surface area contributed by atoms with Gasteiger partial charge in [0, 0.05) is 35.0 Å². The summed E-state index contributed by atoms with van der Waals surface area (Å²) in [4.78, 5) is 17.6. The predicted octanol–water partition coefficient (Wildman–Crippen LogP) is 5.64. The quantitative estimate of drug-likeness (QED) is 0.202. The molecule has 4 N–H and O–H groups in total. The van der Waals surface area contributed by atoms with Crippen molar-refractivity contribution >= 4 is 51.1 Å². The Kier molecular flexibility index (Phi) is 7.76. The molecule has 1 saturated carbocycles. The van der Waals surface area contributed by atoms with Crippen LogP contribution in [0.5, 0.6) is 0 Å². The van der Waals surface area contributed by atoms with E-state index in [0.717, 1.165) is 55.2 Å². The van der Waals surface area contributed by atoms with Gasteiger partial charge in [-0.3, -0.25) is 4.90 Å². The van der Waals surface area contributed by atoms with Crippen molar-refractivity contribution in [2.24, 2.45) is 11.8 Å². The lowest BCUT2D eigenvalue weighted by Gasteiger charge is -2.35. The highest BCUT2D eigenvalue weighted by Crippen LogP contribution is 2.46. The second-order valence-electron chi connectivity index (χ2n) is 11.5. The van der Waals surface area contributed by atoms with Crippen molar-refractivity contribution in [3.63, 3.8) is 0 Å². The zero-order valence-corrected chi connectivity index (χ0v) is 25.4. The van der Waals surface area contributed by atoms with Gasteiger partial charge in [-0.25, -0.2) is 9.97 Å². The van der Waals surface area contributed by atoms with Crippen LogP contribution in [0.25, 0.3) is 21.6 Å². The molecule has 5 heterocycles. The van der Waals surface area contributed by atoms with Gasteiger partial charge in [-0.2, -0.15) is 4.98 Å². The zero-order valence-electron chi connectivity index (χ0n) is 23.0. The van der Waals surface area contributed by atoms with E-state index >= 15 is 0 Å². The second-order valence-corrected chi connectivity index (χ2v) is 13.7. The first kappa shape index (κ1) is 27.9. The SMILES string of the molecule is Nc1nc(Cl)nc2c1c(-c1nc(Cc3ccccc3)cs1)cn2[C@@H]1C[C@H](C2CCN(Cc3cccs3)CC2)[C@@H](O)[C@H]1O. The Bertz CT molecular complexity index is 1670. The van der Waals surface area contributed by atoms with Crippen LogP contribution >= 0.6 is 34.3 Å². The number of aliphatic hydroxyl groups is 2. The zero-order chi connectivity index (χ0) is 28.8. The number of nitrogens with two attached hydrogens (primary N) is 1. The third-order valence-corrected chi connectivity index (χ3v) is 10.9. The van der Waals surface area contributed by atoms with Crippen LogP contribution in [0, 0.1) is 11.8 Å². The molecule has 42 heavy (non-hydrogen) atoms. The number of fused-ring (bicyclic) bond motifs is 1. The molecule has 218 valence electrons. The van der Waals surface area contributed by atoms with Gasteiger partial charge in [-0.05, 0) is 72.8 Å². The van der Waals surface area contributed by atoms with E-state index in [1.165, 1.54) is 10.4 Å². The molecule has 5 aromatic rings. The van der Waals surface area contributed by atoms with Crippen LogP contribution in [0.4, 0.5) is 5.82 Å². The van der Waals surface area contributed by atoms with Gasteiger partial charge < -0.3 is 20.5 Å². The Hall–Kier alpha value is -2.86. The van der Waals surface area contributed by atoms with Gasteiger partial charge in [0.05, 0.1) is 23.2 Å². The largest absolute Gasteiger partial charge is 0.390 e. The second kappa shape index (κ2) is 11.7. The fourth-order valence-corrected chi connectivity index (χ4v) is 8.58. The Balaban J connectivity index is 1.15. The molecule has 4 aromatic heterocycles. The fraction of sp³-hybridized carbons (Fsp3) is 0.387. The number of aliphatic hydroxyl groups excluding tert-OH is 2. The van der Waals surface area contributed by atoms with Gasteiger partial charge in [-0.1, -0.05) is 36.4 Å². The normalized spacial score (nSPS) is 23.7. The number of benzene rings is 1. The number of nitrogen functional groups attached to an aromatic ring is 1. The summed E-state index contributed by atoms with van der Waals surface area (Å²) in [6.45, 7) is 2.97. The van der Waals surface area contributed by atoms with E-state index in [2.05, 4.69) is 49.9 Å². The van der Waals surface area contributed by atoms with Crippen molar-refractivity contribution < 1.29 is 10.2 Å². The van der Waals surface area contributed by atoms with E-state index in [0.29, 0.717) is 23.4 Å². The molecule has 0 radical (unpaired) electrons. The maximum atomic E-state index is 11.4. The van der Waals surface area contributed by atoms with Gasteiger partial charge in [0.1, 0.15) is 22.6 Å². The van der Waals surface area contributed by atoms with Crippen molar-refractivity contribution in [1.82, 2.24) is 24.4 Å². The van der Waals surface area contributed by atoms with Gasteiger partial charge in [0.25, 0.3) is 0 Å². The molecule has 7 rings (SSSR count). The van der Waals surface area contributed by atoms with E-state index in [1.54, 1.807) is 22.7 Å². The molecule has 1 aromatic carbocycles. The van der Waals surface area contributed by atoms with E-state index in [1.807, 2.05) is 29.0 Å². The number of rotatable bonds is 7. The van der Waals surface area contributed by atoms with Crippen LogP contribution < -0.4 is 5.73 Å². The maximum Gasteiger partial charge on any atom is 0.226 e. The van der Waals surface area contributed by atoms with Gasteiger partial charge >= 0.3 is 0 Å². The molecule has 4 atom stereocenters. The minimum atomic E-state index is -0.928. The Morgan fingerprint density at radius 3 is 2.55 bits per heavy atom. The summed E-state index contributed by atoms with van der Waals surface area (Å²) in [6, 6.07) is 14.2. The number of thiophene rings is 1. The monoisotopic (exact) mass is 620 g/mol. The first-order valence-electron chi connectivity index (χ1n) is 14.4. The Labute approximate surface area is 257 Å². The molecule has 11 heteroatoms. The average Bonchev–Trinajstić information content (AvgIpc) is 3.79. The minimum absolute atomic E-state index is 0.00165. The maximum absolute atomic E-state index is 11.4. The van der Waals surface area contributed by atoms with Crippen molar-refractivity contribution in [2.45, 2.75) is 50.5 Å². The lowest BCUT2D eigenvalue weighted by molar-refractivity contribution is -0.0125. The molecule has 0 spiro atoms. The Morgan fingerprint density at radius 1 is 0.976 bits per heavy atom. The first-order chi connectivity index (χ1) is 20.4. The highest BCUT2D eigenvalue weighted by Gasteiger charge is 2.46. The number of likely N-dealkylation sites (tertiary alicyclic amines) is 1. The highest BCUT2D eigenvalue weighted by atomic mass is 35.5. The van der Waals surface area contributed by atoms with E-state index in [9.17, 15) is 10.2 Å². The number of halogens is 1. The van der Waals surface area contributed by atoms with Gasteiger partial charge in [0.15, 0.2) is 0 Å². The third kappa shape index (κ3) is 5.36. The molecule has 0 unspecified atom stereocenters. The summed E-state index contributed by atoms with van der Waals surface area (Å²) in [5.74, 6) is 0.631. The van der Waals surface area contributed by atoms with Crippen molar-refractivity contribution in [3.8, 4) is 10.6 Å². The summed E-state index contributed by atoms with van der Waals surface area (Å²) in [6.07, 6.45) is 3.63. The summed E-state index contributed by atoms with van der Waals surface area (Å²) in [5.41, 5.74) is 9.95. The molecule has 1 aliphatic heterocycles. The number of nitrogens with zero attached hydrogens (tertiary/aromatic N) is 5. The number of thiazole rings is 1. The highest BCUT2D eigenvalue weighted by molar-refractivity contribution is 7.13. The lowest BCUT2D eigenvalue weighted by Crippen LogP contribution is -2.39. The van der Waals surface area contributed by atoms with Crippen LogP contribution in [-0.4, -0.2) is 59.9 Å². The number of hydrogen-bond donors (Lipinski definition) is 3. The first-order valence-corrected chi connectivity index (χ1v) is 16.5. The molecule has 2 aliphatic rings. The molecule has 0 amide bonds. The van der Waals surface area contributed by atoms with E-state index in [4.69, 9.17) is 22.3 Å². The van der Waals surface area contributed by atoms with Gasteiger partial charge in [-0.15, -0.1) is 22.7 Å². The third-order valence-electron chi connectivity index (χ3n) is 8.93. The summed E-state index contributed by atoms with van der Waals surface area (Å²) in [5, 5.41) is 28.4. The van der Waals surface area contributed by atoms with Crippen molar-refractivity contribution in [1.29, 1.82) is 0 Å². The molecular formula is C31H33ClN6O2S2. The summed E-state index contributed by atoms with van der Waals surface area (Å²) in [7, 11) is 0. The van der Waals surface area contributed by atoms with E-state index in [-0.39, 0.29) is 23.1 Å². The van der Waals surface area contributed by atoms with E-state index < -0.39 is 12.2 Å². The van der Waals surface area contributed by atoms with Crippen LogP contribution in [0.2, 0.25) is 5.28 Å². The lowest BCUT2D eigenvalue weighted by atomic mass is 9.82. The average molecular weight is 621 g/mol. The van der Waals surface area contributed by atoms with Crippen LogP contribution in [0.15, 0.2) is 59.4 Å². The number of hydrogen-bond acceptors (Lipinski definition) is 9. The van der Waals surface area contributed by atoms with Crippen LogP contribution in [-0.2, 0) is 13.0 Å². The predicted molar refractivity (Wildman–Crippen MR) is 169 cm³/mol. The minimum Gasteiger partial charge on any atom is -0.390 e. The molecule has 1 aliphatic carbocycles. The summed E-state index contributed by atoms with van der Waals surface area (Å²) >= 11 is 9.63. The number of anilines is 1. The molecule has 1 saturated heterocycles. The van der Waals surface area contributed by atoms with Crippen molar-refractivity contribution in [3.05, 3.63) is 80.8 Å². The fourth-order valence-electron chi connectivity index (χ4n) is 6.83. The van der Waals surface area contributed by atoms with Crippen molar-refractivity contribution in [2.75, 3.05) is 18.8 Å². The Morgan fingerprint density at radius 2 is 1.79 bits per heavy atom. The topological polar surface area (TPSA) is 113 Å². The van der Waals surface area contributed by atoms with Crippen LogP contribution in [0.1, 0.15) is 41.4 Å². The molecule has 0 bridgehead atoms. The summed E-state index contributed by atoms with van der Waals surface area (Å²) < 4.78 is 1.95. The van der Waals surface area contributed by atoms with Gasteiger partial charge in [0.2, 0.25) is 5.28 Å².